The number of nitrogens with two attached hydrogens (primary N) is 1. The molecule has 0 saturated carbocycles. The smallest absolute Gasteiger partial charge is 0.237 e. The van der Waals surface area contributed by atoms with Crippen LogP contribution in [0.5, 0.6) is 0 Å². The lowest BCUT2D eigenvalue weighted by molar-refractivity contribution is -0.129. The molecule has 0 bridgehead atoms. The molecule has 1 saturated heterocycles. The number of carbonyl (C=O) groups excluding carboxylic acids is 1. The summed E-state index contributed by atoms with van der Waals surface area (Å²) in [4.78, 5) is 13.2. The summed E-state index contributed by atoms with van der Waals surface area (Å²) in [6.07, 6.45) is 0. The van der Waals surface area contributed by atoms with Crippen molar-refractivity contribution < 1.29 is 9.53 Å². The lowest BCUT2D eigenvalue weighted by Gasteiger charge is -2.33. The molecule has 3 N–H and O–H groups in total. The molecule has 0 aromatic rings. The normalized spacial score (nSPS) is 23.6. The lowest BCUT2D eigenvalue weighted by Crippen LogP contribution is -2.53. The van der Waals surface area contributed by atoms with Gasteiger partial charge < -0.3 is 15.8 Å². The van der Waals surface area contributed by atoms with Gasteiger partial charge in [-0.25, -0.2) is 0 Å². The number of likely N-dealkylation sites (N-methyl/N-ethyl adjacent to an activating group) is 1. The molecular weight excluding hydrogens is 182 g/mol. The van der Waals surface area contributed by atoms with Crippen LogP contribution in [0, 0.1) is 0 Å². The van der Waals surface area contributed by atoms with Crippen molar-refractivity contribution in [2.75, 3.05) is 39.4 Å². The topological polar surface area (TPSA) is 67.6 Å². The maximum atomic E-state index is 11.1. The largest absolute Gasteiger partial charge is 0.378 e. The second-order valence-electron chi connectivity index (χ2n) is 3.38. The summed E-state index contributed by atoms with van der Waals surface area (Å²) in [5.74, 6) is -0.291. The molecular formula is C9H19N3O2. The van der Waals surface area contributed by atoms with E-state index in [1.54, 1.807) is 0 Å². The zero-order chi connectivity index (χ0) is 10.4. The third-order valence-electron chi connectivity index (χ3n) is 2.39. The zero-order valence-electron chi connectivity index (χ0n) is 8.66. The van der Waals surface area contributed by atoms with Gasteiger partial charge in [-0.15, -0.1) is 0 Å². The molecule has 0 spiro atoms. The number of nitrogens with zero attached hydrogens (tertiary/aromatic N) is 1. The van der Waals surface area contributed by atoms with Crippen LogP contribution in [-0.2, 0) is 9.53 Å². The van der Waals surface area contributed by atoms with Gasteiger partial charge in [-0.2, -0.15) is 0 Å². The van der Waals surface area contributed by atoms with Crippen molar-refractivity contribution in [3.63, 3.8) is 0 Å². The fraction of sp³-hybridized carbons (Fsp3) is 0.889. The number of rotatable bonds is 5. The van der Waals surface area contributed by atoms with E-state index >= 15 is 0 Å². The van der Waals surface area contributed by atoms with Crippen LogP contribution in [0.2, 0.25) is 0 Å². The summed E-state index contributed by atoms with van der Waals surface area (Å²) >= 11 is 0. The first-order valence-electron chi connectivity index (χ1n) is 5.07. The van der Waals surface area contributed by atoms with E-state index in [1.807, 2.05) is 0 Å². The maximum absolute atomic E-state index is 11.1. The minimum atomic E-state index is -0.291. The Hall–Kier alpha value is -0.650. The van der Waals surface area contributed by atoms with E-state index in [0.29, 0.717) is 13.2 Å². The fourth-order valence-electron chi connectivity index (χ4n) is 1.57. The summed E-state index contributed by atoms with van der Waals surface area (Å²) in [6.45, 7) is 6.66. The Morgan fingerprint density at radius 1 is 1.71 bits per heavy atom. The first kappa shape index (κ1) is 11.4. The highest BCUT2D eigenvalue weighted by Gasteiger charge is 2.26. The van der Waals surface area contributed by atoms with E-state index in [-0.39, 0.29) is 11.9 Å². The molecule has 1 heterocycles. The fourth-order valence-corrected chi connectivity index (χ4v) is 1.57. The lowest BCUT2D eigenvalue weighted by atomic mass is 10.2. The number of primary amides is 1. The third-order valence-corrected chi connectivity index (χ3v) is 2.39. The highest BCUT2D eigenvalue weighted by molar-refractivity contribution is 5.80. The average molecular weight is 201 g/mol. The first-order chi connectivity index (χ1) is 6.75. The monoisotopic (exact) mass is 201 g/mol. The molecule has 1 aliphatic rings. The predicted octanol–water partition coefficient (Wildman–Crippen LogP) is -1.22. The first-order valence-corrected chi connectivity index (χ1v) is 5.07. The zero-order valence-corrected chi connectivity index (χ0v) is 8.66. The summed E-state index contributed by atoms with van der Waals surface area (Å²) in [7, 11) is 0. The average Bonchev–Trinajstić information content (AvgIpc) is 2.19. The predicted molar refractivity (Wildman–Crippen MR) is 53.9 cm³/mol. The van der Waals surface area contributed by atoms with Gasteiger partial charge in [0.05, 0.1) is 13.2 Å². The van der Waals surface area contributed by atoms with Crippen LogP contribution in [0.3, 0.4) is 0 Å². The van der Waals surface area contributed by atoms with Crippen molar-refractivity contribution in [1.82, 2.24) is 10.2 Å². The molecule has 5 nitrogen and oxygen atoms in total. The van der Waals surface area contributed by atoms with Crippen LogP contribution in [0.1, 0.15) is 6.92 Å². The Labute approximate surface area is 84.6 Å². The second kappa shape index (κ2) is 5.95. The van der Waals surface area contributed by atoms with Crippen molar-refractivity contribution in [2.24, 2.45) is 5.73 Å². The molecule has 5 heteroatoms. The molecule has 1 amide bonds. The molecule has 0 aromatic carbocycles. The van der Waals surface area contributed by atoms with Crippen molar-refractivity contribution >= 4 is 5.91 Å². The van der Waals surface area contributed by atoms with E-state index in [4.69, 9.17) is 10.5 Å². The summed E-state index contributed by atoms with van der Waals surface area (Å²) in [5.41, 5.74) is 5.28. The highest BCUT2D eigenvalue weighted by atomic mass is 16.5. The minimum absolute atomic E-state index is 0.248. The van der Waals surface area contributed by atoms with Gasteiger partial charge in [0, 0.05) is 19.6 Å². The molecule has 1 fully saturated rings. The Balaban J connectivity index is 2.34. The number of hydrogen-bond acceptors (Lipinski definition) is 4. The Bertz CT molecular complexity index is 187. The van der Waals surface area contributed by atoms with E-state index in [1.165, 1.54) is 0 Å². The van der Waals surface area contributed by atoms with Gasteiger partial charge in [0.2, 0.25) is 5.91 Å². The highest BCUT2D eigenvalue weighted by Crippen LogP contribution is 2.05. The summed E-state index contributed by atoms with van der Waals surface area (Å²) in [6, 6.07) is -0.248. The Morgan fingerprint density at radius 3 is 3.14 bits per heavy atom. The molecule has 0 aromatic heterocycles. The van der Waals surface area contributed by atoms with Crippen LogP contribution >= 0.6 is 0 Å². The summed E-state index contributed by atoms with van der Waals surface area (Å²) < 4.78 is 5.22. The van der Waals surface area contributed by atoms with Crippen molar-refractivity contribution in [1.29, 1.82) is 0 Å². The van der Waals surface area contributed by atoms with Crippen LogP contribution < -0.4 is 11.1 Å². The molecule has 1 atom stereocenters. The molecule has 0 aliphatic carbocycles. The number of hydrogen-bond donors (Lipinski definition) is 2. The van der Waals surface area contributed by atoms with Gasteiger partial charge in [0.15, 0.2) is 0 Å². The standard InChI is InChI=1S/C9H19N3O2/c1-2-11-3-4-12-5-6-14-7-8(12)9(10)13/h8,11H,2-7H2,1H3,(H2,10,13). The van der Waals surface area contributed by atoms with Gasteiger partial charge in [-0.3, -0.25) is 9.69 Å². The van der Waals surface area contributed by atoms with Crippen LogP contribution in [0.15, 0.2) is 0 Å². The maximum Gasteiger partial charge on any atom is 0.237 e. The van der Waals surface area contributed by atoms with Gasteiger partial charge in [0.25, 0.3) is 0 Å². The number of morpholine rings is 1. The van der Waals surface area contributed by atoms with Gasteiger partial charge >= 0.3 is 0 Å². The van der Waals surface area contributed by atoms with Crippen molar-refractivity contribution in [3.05, 3.63) is 0 Å². The number of nitrogens with one attached hydrogen (secondary N) is 1. The third kappa shape index (κ3) is 3.25. The van der Waals surface area contributed by atoms with E-state index in [0.717, 1.165) is 26.2 Å². The van der Waals surface area contributed by atoms with Crippen LogP contribution in [-0.4, -0.2) is 56.2 Å². The van der Waals surface area contributed by atoms with Gasteiger partial charge in [-0.05, 0) is 6.54 Å². The molecule has 0 radical (unpaired) electrons. The van der Waals surface area contributed by atoms with E-state index < -0.39 is 0 Å². The number of ether oxygens (including phenoxy) is 1. The van der Waals surface area contributed by atoms with Crippen LogP contribution in [0.25, 0.3) is 0 Å². The quantitative estimate of drug-likeness (QED) is 0.547. The molecule has 14 heavy (non-hydrogen) atoms. The second-order valence-corrected chi connectivity index (χ2v) is 3.38. The molecule has 1 rings (SSSR count). The molecule has 1 aliphatic heterocycles. The number of amides is 1. The SMILES string of the molecule is CCNCCN1CCOCC1C(N)=O. The van der Waals surface area contributed by atoms with E-state index in [9.17, 15) is 4.79 Å². The Kier molecular flexibility index (Phi) is 4.86. The molecule has 1 unspecified atom stereocenters. The number of carbonyl (C=O) groups is 1. The van der Waals surface area contributed by atoms with Crippen molar-refractivity contribution in [3.8, 4) is 0 Å². The van der Waals surface area contributed by atoms with Crippen LogP contribution in [0.4, 0.5) is 0 Å². The summed E-state index contributed by atoms with van der Waals surface area (Å²) in [5, 5.41) is 3.22. The molecule has 82 valence electrons. The van der Waals surface area contributed by atoms with Gasteiger partial charge in [-0.1, -0.05) is 6.92 Å². The van der Waals surface area contributed by atoms with E-state index in [2.05, 4.69) is 17.1 Å². The van der Waals surface area contributed by atoms with Gasteiger partial charge in [0.1, 0.15) is 6.04 Å². The minimum Gasteiger partial charge on any atom is -0.378 e. The van der Waals surface area contributed by atoms with Crippen molar-refractivity contribution in [2.45, 2.75) is 13.0 Å². The Morgan fingerprint density at radius 2 is 2.50 bits per heavy atom.